The zero-order valence-corrected chi connectivity index (χ0v) is 9.36. The van der Waals surface area contributed by atoms with Gasteiger partial charge in [0, 0.05) is 36.6 Å². The van der Waals surface area contributed by atoms with E-state index >= 15 is 0 Å². The van der Waals surface area contributed by atoms with Crippen LogP contribution in [-0.4, -0.2) is 24.2 Å². The third-order valence-electron chi connectivity index (χ3n) is 3.00. The Bertz CT molecular complexity index is 327. The molecule has 0 aromatic carbocycles. The van der Waals surface area contributed by atoms with Gasteiger partial charge in [0.2, 0.25) is 0 Å². The molecule has 0 aliphatic carbocycles. The summed E-state index contributed by atoms with van der Waals surface area (Å²) in [5, 5.41) is 3.44. The Labute approximate surface area is 90.9 Å². The third-order valence-corrected chi connectivity index (χ3v) is 3.00. The average Bonchev–Trinajstić information content (AvgIpc) is 2.61. The summed E-state index contributed by atoms with van der Waals surface area (Å²) < 4.78 is 5.53. The standard InChI is InChI=1S/C12H18N2O/c1-9-7-12(3-5-13-9)14-8-11-4-6-15-10(11)2/h3,5,7,10-11H,4,6,8H2,1-2H3,(H,13,14). The van der Waals surface area contributed by atoms with Crippen molar-refractivity contribution in [3.8, 4) is 0 Å². The van der Waals surface area contributed by atoms with Gasteiger partial charge >= 0.3 is 0 Å². The zero-order chi connectivity index (χ0) is 10.7. The highest BCUT2D eigenvalue weighted by Crippen LogP contribution is 2.21. The van der Waals surface area contributed by atoms with E-state index in [1.165, 1.54) is 0 Å². The maximum absolute atomic E-state index is 5.53. The predicted molar refractivity (Wildman–Crippen MR) is 61.0 cm³/mol. The van der Waals surface area contributed by atoms with Crippen molar-refractivity contribution < 1.29 is 4.74 Å². The molecule has 0 radical (unpaired) electrons. The molecule has 1 fully saturated rings. The Kier molecular flexibility index (Phi) is 3.21. The van der Waals surface area contributed by atoms with Crippen molar-refractivity contribution in [2.45, 2.75) is 26.4 Å². The van der Waals surface area contributed by atoms with E-state index in [-0.39, 0.29) is 0 Å². The summed E-state index contributed by atoms with van der Waals surface area (Å²) in [6.07, 6.45) is 3.39. The molecule has 1 aliphatic rings. The van der Waals surface area contributed by atoms with Crippen LogP contribution in [0.2, 0.25) is 0 Å². The molecule has 1 aromatic heterocycles. The second-order valence-corrected chi connectivity index (χ2v) is 4.19. The fraction of sp³-hybridized carbons (Fsp3) is 0.583. The summed E-state index contributed by atoms with van der Waals surface area (Å²) in [7, 11) is 0. The largest absolute Gasteiger partial charge is 0.385 e. The van der Waals surface area contributed by atoms with E-state index < -0.39 is 0 Å². The van der Waals surface area contributed by atoms with Crippen molar-refractivity contribution in [2.24, 2.45) is 5.92 Å². The van der Waals surface area contributed by atoms with Crippen LogP contribution < -0.4 is 5.32 Å². The minimum absolute atomic E-state index is 0.389. The quantitative estimate of drug-likeness (QED) is 0.823. The van der Waals surface area contributed by atoms with Gasteiger partial charge < -0.3 is 10.1 Å². The van der Waals surface area contributed by atoms with Crippen molar-refractivity contribution in [1.29, 1.82) is 0 Å². The molecule has 3 nitrogen and oxygen atoms in total. The van der Waals surface area contributed by atoms with Crippen LogP contribution in [0.3, 0.4) is 0 Å². The lowest BCUT2D eigenvalue weighted by molar-refractivity contribution is 0.108. The summed E-state index contributed by atoms with van der Waals surface area (Å²) in [6.45, 7) is 6.05. The monoisotopic (exact) mass is 206 g/mol. The summed E-state index contributed by atoms with van der Waals surface area (Å²) >= 11 is 0. The van der Waals surface area contributed by atoms with E-state index in [0.717, 1.165) is 31.0 Å². The zero-order valence-electron chi connectivity index (χ0n) is 9.36. The van der Waals surface area contributed by atoms with Crippen LogP contribution in [-0.2, 0) is 4.74 Å². The Morgan fingerprint density at radius 2 is 2.47 bits per heavy atom. The number of ether oxygens (including phenoxy) is 1. The van der Waals surface area contributed by atoms with Gasteiger partial charge in [-0.1, -0.05) is 0 Å². The third kappa shape index (κ3) is 2.69. The van der Waals surface area contributed by atoms with E-state index in [9.17, 15) is 0 Å². The molecule has 0 saturated carbocycles. The first-order valence-corrected chi connectivity index (χ1v) is 5.54. The minimum Gasteiger partial charge on any atom is -0.385 e. The molecule has 0 spiro atoms. The van der Waals surface area contributed by atoms with Gasteiger partial charge in [0.1, 0.15) is 0 Å². The molecule has 1 aromatic rings. The molecule has 2 heterocycles. The number of hydrogen-bond donors (Lipinski definition) is 1. The molecule has 2 unspecified atom stereocenters. The Morgan fingerprint density at radius 1 is 1.60 bits per heavy atom. The van der Waals surface area contributed by atoms with Gasteiger partial charge in [0.25, 0.3) is 0 Å². The first kappa shape index (κ1) is 10.4. The maximum atomic E-state index is 5.53. The molecule has 1 saturated heterocycles. The second-order valence-electron chi connectivity index (χ2n) is 4.19. The smallest absolute Gasteiger partial charge is 0.0592 e. The van der Waals surface area contributed by atoms with Gasteiger partial charge in [-0.05, 0) is 32.4 Å². The normalized spacial score (nSPS) is 25.5. The number of hydrogen-bond acceptors (Lipinski definition) is 3. The fourth-order valence-corrected chi connectivity index (χ4v) is 1.95. The lowest BCUT2D eigenvalue weighted by Crippen LogP contribution is -2.20. The van der Waals surface area contributed by atoms with Gasteiger partial charge in [-0.2, -0.15) is 0 Å². The van der Waals surface area contributed by atoms with Crippen LogP contribution in [0.1, 0.15) is 19.0 Å². The lowest BCUT2D eigenvalue weighted by atomic mass is 10.0. The summed E-state index contributed by atoms with van der Waals surface area (Å²) in [4.78, 5) is 4.17. The van der Waals surface area contributed by atoms with Gasteiger partial charge in [-0.25, -0.2) is 0 Å². The number of nitrogens with one attached hydrogen (secondary N) is 1. The first-order valence-electron chi connectivity index (χ1n) is 5.54. The SMILES string of the molecule is Cc1cc(NCC2CCOC2C)ccn1. The summed E-state index contributed by atoms with van der Waals surface area (Å²) in [5.41, 5.74) is 2.21. The van der Waals surface area contributed by atoms with Crippen LogP contribution in [0.25, 0.3) is 0 Å². The molecule has 0 bridgehead atoms. The fourth-order valence-electron chi connectivity index (χ4n) is 1.95. The molecule has 82 valence electrons. The van der Waals surface area contributed by atoms with Gasteiger partial charge in [-0.3, -0.25) is 4.98 Å². The Balaban J connectivity index is 1.87. The molecule has 0 amide bonds. The Morgan fingerprint density at radius 3 is 3.13 bits per heavy atom. The Hall–Kier alpha value is -1.09. The molecule has 3 heteroatoms. The molecule has 1 aliphatic heterocycles. The molecule has 15 heavy (non-hydrogen) atoms. The van der Waals surface area contributed by atoms with Crippen molar-refractivity contribution >= 4 is 5.69 Å². The number of anilines is 1. The number of nitrogens with zero attached hydrogens (tertiary/aromatic N) is 1. The first-order chi connectivity index (χ1) is 7.25. The van der Waals surface area contributed by atoms with E-state index in [4.69, 9.17) is 4.74 Å². The van der Waals surface area contributed by atoms with Crippen LogP contribution >= 0.6 is 0 Å². The molecule has 2 atom stereocenters. The topological polar surface area (TPSA) is 34.1 Å². The van der Waals surface area contributed by atoms with E-state index in [2.05, 4.69) is 23.3 Å². The van der Waals surface area contributed by atoms with Gasteiger partial charge in [-0.15, -0.1) is 0 Å². The molecular formula is C12H18N2O. The number of rotatable bonds is 3. The minimum atomic E-state index is 0.389. The maximum Gasteiger partial charge on any atom is 0.0592 e. The van der Waals surface area contributed by atoms with E-state index in [1.54, 1.807) is 0 Å². The van der Waals surface area contributed by atoms with Crippen molar-refractivity contribution in [3.63, 3.8) is 0 Å². The molecule has 1 N–H and O–H groups in total. The lowest BCUT2D eigenvalue weighted by Gasteiger charge is -2.15. The van der Waals surface area contributed by atoms with Crippen LogP contribution in [0, 0.1) is 12.8 Å². The van der Waals surface area contributed by atoms with Crippen LogP contribution in [0.5, 0.6) is 0 Å². The second kappa shape index (κ2) is 4.62. The highest BCUT2D eigenvalue weighted by atomic mass is 16.5. The number of aryl methyl sites for hydroxylation is 1. The van der Waals surface area contributed by atoms with E-state index in [1.807, 2.05) is 19.2 Å². The van der Waals surface area contributed by atoms with Gasteiger partial charge in [0.15, 0.2) is 0 Å². The van der Waals surface area contributed by atoms with Crippen molar-refractivity contribution in [2.75, 3.05) is 18.5 Å². The number of pyridine rings is 1. The molecular weight excluding hydrogens is 188 g/mol. The van der Waals surface area contributed by atoms with Crippen LogP contribution in [0.15, 0.2) is 18.3 Å². The summed E-state index contributed by atoms with van der Waals surface area (Å²) in [5.74, 6) is 0.637. The van der Waals surface area contributed by atoms with Crippen LogP contribution in [0.4, 0.5) is 5.69 Å². The average molecular weight is 206 g/mol. The summed E-state index contributed by atoms with van der Waals surface area (Å²) in [6, 6.07) is 4.08. The highest BCUT2D eigenvalue weighted by Gasteiger charge is 2.23. The van der Waals surface area contributed by atoms with Gasteiger partial charge in [0.05, 0.1) is 6.10 Å². The van der Waals surface area contributed by atoms with Crippen molar-refractivity contribution in [1.82, 2.24) is 4.98 Å². The highest BCUT2D eigenvalue weighted by molar-refractivity contribution is 5.42. The van der Waals surface area contributed by atoms with Crippen molar-refractivity contribution in [3.05, 3.63) is 24.0 Å². The van der Waals surface area contributed by atoms with E-state index in [0.29, 0.717) is 12.0 Å². The molecule has 2 rings (SSSR count). The number of aromatic nitrogens is 1. The predicted octanol–water partition coefficient (Wildman–Crippen LogP) is 2.23.